The van der Waals surface area contributed by atoms with E-state index in [4.69, 9.17) is 0 Å². The number of aliphatic imine (C=N–C) groups is 1. The maximum Gasteiger partial charge on any atom is 0.297 e. The summed E-state index contributed by atoms with van der Waals surface area (Å²) in [5, 5.41) is 0. The molecule has 6 heteroatoms. The molecule has 0 bridgehead atoms. The number of halogens is 1. The third-order valence-corrected chi connectivity index (χ3v) is 5.00. The number of para-hydroxylation sites is 1. The van der Waals surface area contributed by atoms with Crippen molar-refractivity contribution in [3.8, 4) is 5.69 Å². The molecule has 0 fully saturated rings. The van der Waals surface area contributed by atoms with Gasteiger partial charge in [-0.1, -0.05) is 18.2 Å². The fraction of sp³-hybridized carbons (Fsp3) is 0.125. The molecule has 0 atom stereocenters. The van der Waals surface area contributed by atoms with Gasteiger partial charge in [0, 0.05) is 18.1 Å². The van der Waals surface area contributed by atoms with E-state index < -0.39 is 0 Å². The Bertz CT molecular complexity index is 890. The van der Waals surface area contributed by atoms with Gasteiger partial charge in [0.25, 0.3) is 5.56 Å². The minimum Gasteiger partial charge on any atom is -0.283 e. The molecule has 2 heterocycles. The molecule has 2 aromatic heterocycles. The lowest BCUT2D eigenvalue weighted by Crippen LogP contribution is -2.19. The molecule has 3 rings (SSSR count). The molecule has 1 aromatic carbocycles. The summed E-state index contributed by atoms with van der Waals surface area (Å²) >= 11 is 5.00. The molecule has 22 heavy (non-hydrogen) atoms. The first-order valence-electron chi connectivity index (χ1n) is 6.71. The van der Waals surface area contributed by atoms with Crippen LogP contribution in [0, 0.1) is 6.92 Å². The van der Waals surface area contributed by atoms with Crippen LogP contribution >= 0.6 is 27.3 Å². The molecule has 3 aromatic rings. The third kappa shape index (κ3) is 2.71. The van der Waals surface area contributed by atoms with Gasteiger partial charge in [0.15, 0.2) is 5.69 Å². The molecular weight excluding hydrogens is 362 g/mol. The van der Waals surface area contributed by atoms with Gasteiger partial charge in [-0.3, -0.25) is 9.48 Å². The average Bonchev–Trinajstić information content (AvgIpc) is 3.02. The number of rotatable bonds is 3. The number of benzene rings is 1. The summed E-state index contributed by atoms with van der Waals surface area (Å²) < 4.78 is 4.50. The number of nitrogens with zero attached hydrogens (tertiary/aromatic N) is 3. The Labute approximate surface area is 140 Å². The summed E-state index contributed by atoms with van der Waals surface area (Å²) in [6.45, 7) is 1.90. The smallest absolute Gasteiger partial charge is 0.283 e. The highest BCUT2D eigenvalue weighted by atomic mass is 79.9. The van der Waals surface area contributed by atoms with Crippen LogP contribution in [0.1, 0.15) is 10.6 Å². The second-order valence-corrected chi connectivity index (χ2v) is 7.30. The predicted molar refractivity (Wildman–Crippen MR) is 95.0 cm³/mol. The van der Waals surface area contributed by atoms with Crippen LogP contribution in [0.15, 0.2) is 56.0 Å². The summed E-state index contributed by atoms with van der Waals surface area (Å²) in [5.74, 6) is 0. The van der Waals surface area contributed by atoms with Gasteiger partial charge >= 0.3 is 0 Å². The van der Waals surface area contributed by atoms with E-state index in [0.29, 0.717) is 5.69 Å². The van der Waals surface area contributed by atoms with Gasteiger partial charge in [-0.2, -0.15) is 0 Å². The Morgan fingerprint density at radius 3 is 2.55 bits per heavy atom. The van der Waals surface area contributed by atoms with E-state index in [1.54, 1.807) is 22.2 Å². The molecule has 0 spiro atoms. The van der Waals surface area contributed by atoms with E-state index in [-0.39, 0.29) is 5.56 Å². The third-order valence-electron chi connectivity index (χ3n) is 3.44. The largest absolute Gasteiger partial charge is 0.297 e. The maximum absolute atomic E-state index is 12.7. The van der Waals surface area contributed by atoms with Crippen molar-refractivity contribution in [2.24, 2.45) is 12.0 Å². The van der Waals surface area contributed by atoms with Crippen molar-refractivity contribution < 1.29 is 0 Å². The molecule has 0 aliphatic rings. The Morgan fingerprint density at radius 1 is 1.18 bits per heavy atom. The molecule has 0 aliphatic carbocycles. The normalized spacial score (nSPS) is 11.4. The highest BCUT2D eigenvalue weighted by Crippen LogP contribution is 2.22. The molecule has 0 unspecified atom stereocenters. The first-order chi connectivity index (χ1) is 10.6. The van der Waals surface area contributed by atoms with E-state index in [2.05, 4.69) is 20.9 Å². The minimum absolute atomic E-state index is 0.113. The van der Waals surface area contributed by atoms with Crippen LogP contribution in [0.3, 0.4) is 0 Å². The van der Waals surface area contributed by atoms with Crippen LogP contribution in [0.5, 0.6) is 0 Å². The molecule has 0 saturated carbocycles. The molecule has 0 N–H and O–H groups in total. The first-order valence-corrected chi connectivity index (χ1v) is 8.32. The van der Waals surface area contributed by atoms with Crippen molar-refractivity contribution in [3.63, 3.8) is 0 Å². The molecule has 0 aliphatic heterocycles. The van der Waals surface area contributed by atoms with Crippen molar-refractivity contribution in [3.05, 3.63) is 67.2 Å². The van der Waals surface area contributed by atoms with Gasteiger partial charge in [0.2, 0.25) is 0 Å². The summed E-state index contributed by atoms with van der Waals surface area (Å²) in [4.78, 5) is 18.1. The number of hydrogen-bond acceptors (Lipinski definition) is 3. The highest BCUT2D eigenvalue weighted by molar-refractivity contribution is 9.11. The Morgan fingerprint density at radius 2 is 1.91 bits per heavy atom. The van der Waals surface area contributed by atoms with Crippen molar-refractivity contribution >= 4 is 39.2 Å². The van der Waals surface area contributed by atoms with E-state index in [0.717, 1.165) is 20.0 Å². The van der Waals surface area contributed by atoms with Crippen molar-refractivity contribution in [1.82, 2.24) is 9.36 Å². The lowest BCUT2D eigenvalue weighted by molar-refractivity contribution is 0.630. The lowest BCUT2D eigenvalue weighted by atomic mass is 10.3. The van der Waals surface area contributed by atoms with Crippen LogP contribution in [0.4, 0.5) is 5.69 Å². The zero-order valence-corrected chi connectivity index (χ0v) is 14.6. The van der Waals surface area contributed by atoms with Crippen molar-refractivity contribution in [1.29, 1.82) is 0 Å². The average molecular weight is 376 g/mol. The van der Waals surface area contributed by atoms with Crippen LogP contribution in [0.25, 0.3) is 5.69 Å². The van der Waals surface area contributed by atoms with Gasteiger partial charge < -0.3 is 0 Å². The molecular formula is C16H14BrN3OS. The van der Waals surface area contributed by atoms with Gasteiger partial charge in [0.05, 0.1) is 15.2 Å². The zero-order chi connectivity index (χ0) is 15.7. The highest BCUT2D eigenvalue weighted by Gasteiger charge is 2.14. The van der Waals surface area contributed by atoms with Crippen LogP contribution in [0.2, 0.25) is 0 Å². The predicted octanol–water partition coefficient (Wildman–Crippen LogP) is 4.06. The topological polar surface area (TPSA) is 39.3 Å². The van der Waals surface area contributed by atoms with E-state index in [9.17, 15) is 4.79 Å². The van der Waals surface area contributed by atoms with Crippen LogP contribution in [-0.4, -0.2) is 15.6 Å². The first kappa shape index (κ1) is 15.0. The number of hydrogen-bond donors (Lipinski definition) is 0. The van der Waals surface area contributed by atoms with Gasteiger partial charge in [-0.25, -0.2) is 9.67 Å². The molecule has 0 amide bonds. The summed E-state index contributed by atoms with van der Waals surface area (Å²) in [6.07, 6.45) is 1.73. The van der Waals surface area contributed by atoms with Crippen molar-refractivity contribution in [2.75, 3.05) is 0 Å². The van der Waals surface area contributed by atoms with Crippen LogP contribution < -0.4 is 5.56 Å². The fourth-order valence-corrected chi connectivity index (χ4v) is 3.52. The lowest BCUT2D eigenvalue weighted by Gasteiger charge is -2.07. The molecule has 4 nitrogen and oxygen atoms in total. The van der Waals surface area contributed by atoms with E-state index in [1.807, 2.05) is 61.1 Å². The zero-order valence-electron chi connectivity index (χ0n) is 12.2. The number of thiophene rings is 1. The SMILES string of the molecule is Cc1c(N=Cc2ccc(Br)s2)c(=O)n(-c2ccccc2)n1C. The van der Waals surface area contributed by atoms with Crippen molar-refractivity contribution in [2.45, 2.75) is 6.92 Å². The minimum atomic E-state index is -0.113. The van der Waals surface area contributed by atoms with Gasteiger partial charge in [0.1, 0.15) is 0 Å². The second kappa shape index (κ2) is 6.06. The van der Waals surface area contributed by atoms with Gasteiger partial charge in [-0.05, 0) is 47.1 Å². The summed E-state index contributed by atoms with van der Waals surface area (Å²) in [5.41, 5.74) is 2.02. The Hall–Kier alpha value is -1.92. The fourth-order valence-electron chi connectivity index (χ4n) is 2.23. The molecule has 0 radical (unpaired) electrons. The standard InChI is InChI=1S/C16H14BrN3OS/c1-11-15(18-10-13-8-9-14(17)22-13)16(21)20(19(11)2)12-6-4-3-5-7-12/h3-10H,1-2H3. The second-order valence-electron chi connectivity index (χ2n) is 4.81. The quantitative estimate of drug-likeness (QED) is 0.636. The molecule has 112 valence electrons. The van der Waals surface area contributed by atoms with Crippen LogP contribution in [-0.2, 0) is 7.05 Å². The van der Waals surface area contributed by atoms with Gasteiger partial charge in [-0.15, -0.1) is 11.3 Å². The Kier molecular flexibility index (Phi) is 4.13. The summed E-state index contributed by atoms with van der Waals surface area (Å²) in [6, 6.07) is 13.5. The maximum atomic E-state index is 12.7. The Balaban J connectivity index is 2.07. The monoisotopic (exact) mass is 375 g/mol. The van der Waals surface area contributed by atoms with E-state index in [1.165, 1.54) is 0 Å². The number of aromatic nitrogens is 2. The summed E-state index contributed by atoms with van der Waals surface area (Å²) in [7, 11) is 1.87. The van der Waals surface area contributed by atoms with E-state index >= 15 is 0 Å². The molecule has 0 saturated heterocycles.